The second-order valence-electron chi connectivity index (χ2n) is 20.3. The lowest BCUT2D eigenvalue weighted by Gasteiger charge is -2.44. The van der Waals surface area contributed by atoms with Gasteiger partial charge in [0, 0.05) is 57.7 Å². The van der Waals surface area contributed by atoms with E-state index in [0.29, 0.717) is 0 Å². The highest BCUT2D eigenvalue weighted by Gasteiger charge is 2.45. The molecule has 0 saturated carbocycles. The Kier molecular flexibility index (Phi) is 10.6. The molecular formula is C63H61N5. The predicted octanol–water partition coefficient (Wildman–Crippen LogP) is 14.7. The van der Waals surface area contributed by atoms with Crippen LogP contribution in [0.2, 0.25) is 0 Å². The average molecular weight is 888 g/mol. The van der Waals surface area contributed by atoms with Gasteiger partial charge in [-0.2, -0.15) is 0 Å². The Morgan fingerprint density at radius 2 is 1.54 bits per heavy atom. The number of rotatable bonds is 7. The molecule has 0 N–H and O–H groups in total. The first-order chi connectivity index (χ1) is 33.2. The van der Waals surface area contributed by atoms with Gasteiger partial charge in [0.1, 0.15) is 12.0 Å². The maximum atomic E-state index is 5.87. The number of fused-ring (bicyclic) bond motifs is 6. The van der Waals surface area contributed by atoms with Crippen molar-refractivity contribution in [2.45, 2.75) is 91.3 Å². The van der Waals surface area contributed by atoms with Gasteiger partial charge in [-0.15, -0.1) is 0 Å². The molecule has 3 heterocycles. The summed E-state index contributed by atoms with van der Waals surface area (Å²) in [4.78, 5) is 16.9. The lowest BCUT2D eigenvalue weighted by atomic mass is 9.80. The van der Waals surface area contributed by atoms with Crippen LogP contribution in [0.4, 0.5) is 5.69 Å². The summed E-state index contributed by atoms with van der Waals surface area (Å²) in [5, 5.41) is 1.34. The Bertz CT molecular complexity index is 3260. The molecule has 5 unspecified atom stereocenters. The van der Waals surface area contributed by atoms with Gasteiger partial charge in [-0.3, -0.25) is 0 Å². The van der Waals surface area contributed by atoms with Crippen molar-refractivity contribution in [2.24, 2.45) is 21.8 Å². The van der Waals surface area contributed by atoms with Gasteiger partial charge in [-0.05, 0) is 113 Å². The zero-order valence-electron chi connectivity index (χ0n) is 40.4. The van der Waals surface area contributed by atoms with E-state index < -0.39 is 0 Å². The fourth-order valence-corrected chi connectivity index (χ4v) is 12.3. The van der Waals surface area contributed by atoms with Crippen LogP contribution < -0.4 is 4.90 Å². The molecule has 5 atom stereocenters. The molecule has 0 bridgehead atoms. The molecule has 0 radical (unpaired) electrons. The Hall–Kier alpha value is -6.98. The topological polar surface area (TPSA) is 36.1 Å². The van der Waals surface area contributed by atoms with E-state index in [2.05, 4.69) is 214 Å². The van der Waals surface area contributed by atoms with Crippen LogP contribution in [0.5, 0.6) is 0 Å². The number of hydrogen-bond acceptors (Lipinski definition) is 4. The minimum absolute atomic E-state index is 0.0436. The van der Waals surface area contributed by atoms with Crippen LogP contribution in [0.15, 0.2) is 195 Å². The molecule has 0 amide bonds. The van der Waals surface area contributed by atoms with E-state index in [1.165, 1.54) is 94.9 Å². The summed E-state index contributed by atoms with van der Waals surface area (Å²) in [6.45, 7) is 11.4. The normalized spacial score (nSPS) is 24.3. The third-order valence-electron chi connectivity index (χ3n) is 15.6. The van der Waals surface area contributed by atoms with Crippen molar-refractivity contribution in [1.82, 2.24) is 9.47 Å². The van der Waals surface area contributed by atoms with Crippen LogP contribution >= 0.6 is 0 Å². The van der Waals surface area contributed by atoms with Gasteiger partial charge in [0.05, 0.1) is 23.2 Å². The first kappa shape index (κ1) is 42.4. The van der Waals surface area contributed by atoms with Gasteiger partial charge >= 0.3 is 0 Å². The van der Waals surface area contributed by atoms with Crippen LogP contribution in [-0.2, 0) is 6.42 Å². The number of likely N-dealkylation sites (N-methyl/N-ethyl adjacent to an activating group) is 1. The number of benzene rings is 4. The number of aliphatic imine (C=N–C) groups is 2. The van der Waals surface area contributed by atoms with Crippen LogP contribution in [-0.4, -0.2) is 40.4 Å². The summed E-state index contributed by atoms with van der Waals surface area (Å²) < 4.78 is 2.69. The van der Waals surface area contributed by atoms with Crippen molar-refractivity contribution in [1.29, 1.82) is 0 Å². The number of allylic oxidation sites excluding steroid dienone is 12. The van der Waals surface area contributed by atoms with E-state index in [4.69, 9.17) is 9.98 Å². The molecule has 2 aliphatic heterocycles. The van der Waals surface area contributed by atoms with Crippen molar-refractivity contribution in [3.63, 3.8) is 0 Å². The lowest BCUT2D eigenvalue weighted by molar-refractivity contribution is 0.368. The summed E-state index contributed by atoms with van der Waals surface area (Å²) in [5.41, 5.74) is 22.4. The number of aryl methyl sites for hydroxylation is 2. The molecule has 0 fully saturated rings. The van der Waals surface area contributed by atoms with Gasteiger partial charge in [0.25, 0.3) is 0 Å². The zero-order valence-corrected chi connectivity index (χ0v) is 40.4. The number of hydrogen-bond donors (Lipinski definition) is 0. The number of nitrogens with zero attached hydrogens (tertiary/aromatic N) is 5. The Balaban J connectivity index is 1.11. The molecule has 5 heteroatoms. The molecule has 68 heavy (non-hydrogen) atoms. The average Bonchev–Trinajstić information content (AvgIpc) is 3.84. The smallest absolute Gasteiger partial charge is 0.159 e. The van der Waals surface area contributed by atoms with E-state index in [9.17, 15) is 0 Å². The molecule has 5 aliphatic carbocycles. The van der Waals surface area contributed by atoms with Gasteiger partial charge in [-0.25, -0.2) is 9.98 Å². The molecule has 338 valence electrons. The van der Waals surface area contributed by atoms with E-state index in [1.807, 2.05) is 0 Å². The third kappa shape index (κ3) is 7.04. The first-order valence-corrected chi connectivity index (χ1v) is 25.0. The lowest BCUT2D eigenvalue weighted by Crippen LogP contribution is -2.48. The summed E-state index contributed by atoms with van der Waals surface area (Å²) in [5.74, 6) is 2.28. The van der Waals surface area contributed by atoms with Gasteiger partial charge in [0.15, 0.2) is 5.84 Å². The van der Waals surface area contributed by atoms with Crippen LogP contribution in [0.3, 0.4) is 0 Å². The SMILES string of the molecule is CC1=CC2c3cc(C)ccc3N(C3=C(C4N=C(c5ccccc5)N=C(C5CC=CC(C6=CC=CCC6)=C5n5c6c(c7cc(C)ccc75)C=C(C)CC6)N4C)C(C)CC=C3c3ccccc3)C2C=C1. The highest BCUT2D eigenvalue weighted by molar-refractivity contribution is 6.11. The summed E-state index contributed by atoms with van der Waals surface area (Å²) >= 11 is 0. The summed E-state index contributed by atoms with van der Waals surface area (Å²) in [6.07, 6.45) is 29.6. The molecule has 0 spiro atoms. The van der Waals surface area contributed by atoms with Crippen molar-refractivity contribution in [3.05, 3.63) is 224 Å². The fourth-order valence-electron chi connectivity index (χ4n) is 12.3. The molecule has 5 nitrogen and oxygen atoms in total. The first-order valence-electron chi connectivity index (χ1n) is 25.0. The predicted molar refractivity (Wildman–Crippen MR) is 286 cm³/mol. The summed E-state index contributed by atoms with van der Waals surface area (Å²) in [6, 6.07) is 36.2. The second kappa shape index (κ2) is 17.0. The van der Waals surface area contributed by atoms with Gasteiger partial charge < -0.3 is 14.4 Å². The van der Waals surface area contributed by atoms with Gasteiger partial charge in [-0.1, -0.05) is 169 Å². The quantitative estimate of drug-likeness (QED) is 0.163. The molecule has 1 aromatic heterocycles. The van der Waals surface area contributed by atoms with Crippen molar-refractivity contribution >= 4 is 45.6 Å². The molecule has 5 aromatic rings. The van der Waals surface area contributed by atoms with Crippen molar-refractivity contribution in [3.8, 4) is 0 Å². The standard InChI is InChI=1S/C63H61N5/c1-39-25-31-54-50(35-39)51-36-40(2)26-32-55(51)67(54)59-47(44-17-10-7-11-18-44)23-16-24-49(59)62-64-61(46-21-14-9-15-22-46)65-63(66(62)6)58-43(5)29-30-48(45-19-12-8-13-20-45)60(58)68-56-33-27-41(3)37-52(56)53-38-42(4)28-34-57(53)68/h7-10,12-17,19-23,25,27-28,30-31,33-38,43,49,52,56,63H,11,18,24,26,29,32H2,1-6H3. The van der Waals surface area contributed by atoms with Crippen LogP contribution in [0.1, 0.15) is 97.9 Å². The second-order valence-corrected chi connectivity index (χ2v) is 20.3. The third-order valence-corrected chi connectivity index (χ3v) is 15.6. The fraction of sp³-hybridized carbons (Fsp3) is 0.270. The maximum absolute atomic E-state index is 5.87. The number of anilines is 1. The molecule has 0 saturated heterocycles. The van der Waals surface area contributed by atoms with Crippen molar-refractivity contribution in [2.75, 3.05) is 11.9 Å². The van der Waals surface area contributed by atoms with Crippen LogP contribution in [0.25, 0.3) is 28.2 Å². The number of aromatic nitrogens is 1. The van der Waals surface area contributed by atoms with Crippen molar-refractivity contribution < 1.29 is 0 Å². The van der Waals surface area contributed by atoms with E-state index >= 15 is 0 Å². The van der Waals surface area contributed by atoms with E-state index in [0.717, 1.165) is 55.8 Å². The molecule has 12 rings (SSSR count). The summed E-state index contributed by atoms with van der Waals surface area (Å²) in [7, 11) is 2.29. The minimum Gasteiger partial charge on any atom is -0.337 e. The zero-order chi connectivity index (χ0) is 46.2. The maximum Gasteiger partial charge on any atom is 0.159 e. The molecular weight excluding hydrogens is 827 g/mol. The molecule has 4 aromatic carbocycles. The number of amidine groups is 2. The van der Waals surface area contributed by atoms with Crippen LogP contribution in [0, 0.1) is 25.7 Å². The highest BCUT2D eigenvalue weighted by Crippen LogP contribution is 2.53. The highest BCUT2D eigenvalue weighted by atomic mass is 15.3. The Morgan fingerprint density at radius 1 is 0.765 bits per heavy atom. The minimum atomic E-state index is -0.316. The van der Waals surface area contributed by atoms with Gasteiger partial charge in [0.2, 0.25) is 0 Å². The van der Waals surface area contributed by atoms with E-state index in [1.54, 1.807) is 0 Å². The van der Waals surface area contributed by atoms with E-state index in [-0.39, 0.29) is 30.0 Å². The Morgan fingerprint density at radius 3 is 2.34 bits per heavy atom. The molecule has 7 aliphatic rings. The monoisotopic (exact) mass is 887 g/mol. The Labute approximate surface area is 402 Å². The largest absolute Gasteiger partial charge is 0.337 e.